The molecule has 1 fully saturated rings. The molecule has 1 N–H and O–H groups in total. The number of carbonyl (C=O) groups is 1. The summed E-state index contributed by atoms with van der Waals surface area (Å²) in [5.74, 6) is -0.264. The van der Waals surface area contributed by atoms with Crippen LogP contribution in [-0.2, 0) is 4.79 Å². The highest BCUT2D eigenvalue weighted by atomic mass is 19.4. The number of allylic oxidation sites excluding steroid dienone is 4. The van der Waals surface area contributed by atoms with Crippen LogP contribution in [-0.4, -0.2) is 12.1 Å². The Morgan fingerprint density at radius 1 is 1.29 bits per heavy atom. The van der Waals surface area contributed by atoms with Crippen LogP contribution in [0.5, 0.6) is 0 Å². The van der Waals surface area contributed by atoms with Crippen LogP contribution in [0.15, 0.2) is 35.6 Å². The molecule has 2 rings (SSSR count). The number of nitrogens with one attached hydrogen (secondary N) is 1. The zero-order valence-corrected chi connectivity index (χ0v) is 9.10. The van der Waals surface area contributed by atoms with Gasteiger partial charge in [-0.2, -0.15) is 13.2 Å². The van der Waals surface area contributed by atoms with E-state index in [2.05, 4.69) is 11.9 Å². The molecule has 0 bridgehead atoms. The summed E-state index contributed by atoms with van der Waals surface area (Å²) in [5.41, 5.74) is 0.926. The molecular formula is C12H12F3NO. The lowest BCUT2D eigenvalue weighted by molar-refractivity contribution is -0.119. The maximum Gasteiger partial charge on any atom is 0.412 e. The van der Waals surface area contributed by atoms with E-state index < -0.39 is 11.7 Å². The molecule has 1 aliphatic heterocycles. The summed E-state index contributed by atoms with van der Waals surface area (Å²) in [6.45, 7) is 3.71. The van der Waals surface area contributed by atoms with Crippen LogP contribution in [0.25, 0.3) is 0 Å². The van der Waals surface area contributed by atoms with Gasteiger partial charge in [-0.25, -0.2) is 0 Å². The molecule has 1 heterocycles. The van der Waals surface area contributed by atoms with E-state index in [0.29, 0.717) is 18.5 Å². The Morgan fingerprint density at radius 2 is 2.00 bits per heavy atom. The molecule has 0 radical (unpaired) electrons. The third-order valence-corrected chi connectivity index (χ3v) is 3.10. The number of alkyl halides is 3. The molecular weight excluding hydrogens is 231 g/mol. The highest BCUT2D eigenvalue weighted by Gasteiger charge is 2.36. The number of halogens is 3. The zero-order chi connectivity index (χ0) is 12.6. The van der Waals surface area contributed by atoms with Gasteiger partial charge < -0.3 is 5.32 Å². The Hall–Kier alpha value is -1.52. The Balaban J connectivity index is 2.16. The molecule has 17 heavy (non-hydrogen) atoms. The maximum absolute atomic E-state index is 12.4. The maximum atomic E-state index is 12.4. The summed E-state index contributed by atoms with van der Waals surface area (Å²) in [6.07, 6.45) is -1.06. The van der Waals surface area contributed by atoms with Crippen LogP contribution in [0.1, 0.15) is 19.3 Å². The summed E-state index contributed by atoms with van der Waals surface area (Å²) >= 11 is 0. The van der Waals surface area contributed by atoms with Gasteiger partial charge in [-0.05, 0) is 12.8 Å². The first-order valence-corrected chi connectivity index (χ1v) is 5.33. The summed E-state index contributed by atoms with van der Waals surface area (Å²) in [5, 5.41) is 2.59. The number of carbonyl (C=O) groups excluding carboxylic acids is 1. The molecule has 0 aromatic carbocycles. The zero-order valence-electron chi connectivity index (χ0n) is 9.10. The number of rotatable bonds is 1. The van der Waals surface area contributed by atoms with E-state index in [9.17, 15) is 18.0 Å². The highest BCUT2D eigenvalue weighted by molar-refractivity contribution is 5.82. The smallest absolute Gasteiger partial charge is 0.330 e. The SMILES string of the molecule is C=C1NC(=O)CC1C1=CC=C(C(F)(F)F)CC1. The molecule has 0 saturated carbocycles. The average molecular weight is 243 g/mol. The van der Waals surface area contributed by atoms with Crippen molar-refractivity contribution in [1.29, 1.82) is 0 Å². The second-order valence-corrected chi connectivity index (χ2v) is 4.26. The molecule has 0 spiro atoms. The normalized spacial score (nSPS) is 25.5. The van der Waals surface area contributed by atoms with E-state index in [0.717, 1.165) is 11.6 Å². The number of amides is 1. The van der Waals surface area contributed by atoms with Crippen LogP contribution >= 0.6 is 0 Å². The van der Waals surface area contributed by atoms with Crippen molar-refractivity contribution in [1.82, 2.24) is 5.32 Å². The van der Waals surface area contributed by atoms with Gasteiger partial charge in [-0.1, -0.05) is 24.3 Å². The summed E-state index contributed by atoms with van der Waals surface area (Å²) in [6, 6.07) is 0. The first kappa shape index (κ1) is 12.0. The van der Waals surface area contributed by atoms with Crippen LogP contribution in [0.3, 0.4) is 0 Å². The third-order valence-electron chi connectivity index (χ3n) is 3.10. The van der Waals surface area contributed by atoms with Gasteiger partial charge in [0, 0.05) is 23.6 Å². The van der Waals surface area contributed by atoms with Gasteiger partial charge in [0.1, 0.15) is 0 Å². The lowest BCUT2D eigenvalue weighted by Gasteiger charge is -2.20. The van der Waals surface area contributed by atoms with E-state index in [1.165, 1.54) is 6.08 Å². The lowest BCUT2D eigenvalue weighted by Crippen LogP contribution is -2.16. The van der Waals surface area contributed by atoms with Gasteiger partial charge in [0.25, 0.3) is 0 Å². The largest absolute Gasteiger partial charge is 0.412 e. The minimum atomic E-state index is -4.25. The third kappa shape index (κ3) is 2.43. The van der Waals surface area contributed by atoms with Crippen LogP contribution in [0, 0.1) is 5.92 Å². The molecule has 1 aliphatic carbocycles. The predicted octanol–water partition coefficient (Wildman–Crippen LogP) is 2.85. The van der Waals surface area contributed by atoms with Gasteiger partial charge in [-0.3, -0.25) is 4.79 Å². The van der Waals surface area contributed by atoms with Gasteiger partial charge in [0.05, 0.1) is 0 Å². The Kier molecular flexibility index (Phi) is 2.85. The van der Waals surface area contributed by atoms with E-state index in [1.54, 1.807) is 0 Å². The number of hydrogen-bond donors (Lipinski definition) is 1. The summed E-state index contributed by atoms with van der Waals surface area (Å²) < 4.78 is 37.2. The van der Waals surface area contributed by atoms with E-state index in [4.69, 9.17) is 0 Å². The molecule has 1 atom stereocenters. The Labute approximate surface area is 96.9 Å². The fourth-order valence-corrected chi connectivity index (χ4v) is 2.16. The monoisotopic (exact) mass is 243 g/mol. The van der Waals surface area contributed by atoms with Crippen molar-refractivity contribution < 1.29 is 18.0 Å². The first-order valence-electron chi connectivity index (χ1n) is 5.33. The molecule has 5 heteroatoms. The molecule has 0 aromatic heterocycles. The Bertz CT molecular complexity index is 432. The fraction of sp³-hybridized carbons (Fsp3) is 0.417. The number of hydrogen-bond acceptors (Lipinski definition) is 1. The van der Waals surface area contributed by atoms with Crippen molar-refractivity contribution in [2.75, 3.05) is 0 Å². The quantitative estimate of drug-likeness (QED) is 0.753. The lowest BCUT2D eigenvalue weighted by atomic mass is 9.87. The van der Waals surface area contributed by atoms with Crippen LogP contribution in [0.2, 0.25) is 0 Å². The molecule has 1 amide bonds. The van der Waals surface area contributed by atoms with E-state index >= 15 is 0 Å². The second kappa shape index (κ2) is 4.05. The summed E-state index contributed by atoms with van der Waals surface area (Å²) in [7, 11) is 0. The molecule has 2 aliphatic rings. The van der Waals surface area contributed by atoms with Gasteiger partial charge in [0.15, 0.2) is 0 Å². The standard InChI is InChI=1S/C12H12F3NO/c1-7-10(6-11(17)16-7)8-2-4-9(5-3-8)12(13,14)15/h2,4,10H,1,3,5-6H2,(H,16,17). The van der Waals surface area contributed by atoms with E-state index in [-0.39, 0.29) is 18.2 Å². The second-order valence-electron chi connectivity index (χ2n) is 4.26. The van der Waals surface area contributed by atoms with Crippen molar-refractivity contribution in [3.05, 3.63) is 35.6 Å². The topological polar surface area (TPSA) is 29.1 Å². The van der Waals surface area contributed by atoms with Crippen LogP contribution in [0.4, 0.5) is 13.2 Å². The minimum Gasteiger partial charge on any atom is -0.330 e. The fourth-order valence-electron chi connectivity index (χ4n) is 2.16. The summed E-state index contributed by atoms with van der Waals surface area (Å²) in [4.78, 5) is 11.1. The molecule has 0 aromatic rings. The first-order chi connectivity index (χ1) is 7.88. The highest BCUT2D eigenvalue weighted by Crippen LogP contribution is 2.37. The van der Waals surface area contributed by atoms with Gasteiger partial charge >= 0.3 is 6.18 Å². The predicted molar refractivity (Wildman–Crippen MR) is 56.8 cm³/mol. The van der Waals surface area contributed by atoms with Gasteiger partial charge in [-0.15, -0.1) is 0 Å². The van der Waals surface area contributed by atoms with Gasteiger partial charge in [0.2, 0.25) is 5.91 Å². The average Bonchev–Trinajstić information content (AvgIpc) is 2.57. The van der Waals surface area contributed by atoms with Crippen molar-refractivity contribution >= 4 is 5.91 Å². The van der Waals surface area contributed by atoms with Crippen LogP contribution < -0.4 is 5.32 Å². The van der Waals surface area contributed by atoms with Crippen molar-refractivity contribution in [3.8, 4) is 0 Å². The van der Waals surface area contributed by atoms with Crippen molar-refractivity contribution in [3.63, 3.8) is 0 Å². The molecule has 1 unspecified atom stereocenters. The van der Waals surface area contributed by atoms with Crippen molar-refractivity contribution in [2.45, 2.75) is 25.4 Å². The molecule has 1 saturated heterocycles. The molecule has 2 nitrogen and oxygen atoms in total. The molecule has 92 valence electrons. The van der Waals surface area contributed by atoms with Crippen molar-refractivity contribution in [2.24, 2.45) is 5.92 Å². The van der Waals surface area contributed by atoms with E-state index in [1.807, 2.05) is 0 Å². The Morgan fingerprint density at radius 3 is 2.41 bits per heavy atom. The minimum absolute atomic E-state index is 0.0205.